The second kappa shape index (κ2) is 10.0. The number of nitrogens with one attached hydrogen (secondary N) is 1. The summed E-state index contributed by atoms with van der Waals surface area (Å²) in [6.07, 6.45) is 3.12. The van der Waals surface area contributed by atoms with E-state index in [4.69, 9.17) is 15.1 Å². The molecule has 0 radical (unpaired) electrons. The van der Waals surface area contributed by atoms with E-state index in [1.165, 1.54) is 12.1 Å². The molecular formula is C24H23FN8O2. The zero-order valence-corrected chi connectivity index (χ0v) is 18.9. The first-order chi connectivity index (χ1) is 17.1. The number of benzene rings is 1. The quantitative estimate of drug-likeness (QED) is 0.438. The number of nitrogens with zero attached hydrogens (tertiary/aromatic N) is 7. The molecule has 1 saturated heterocycles. The van der Waals surface area contributed by atoms with Crippen LogP contribution in [0.15, 0.2) is 48.9 Å². The van der Waals surface area contributed by atoms with Crippen molar-refractivity contribution >= 4 is 17.4 Å². The summed E-state index contributed by atoms with van der Waals surface area (Å²) in [4.78, 5) is 23.1. The van der Waals surface area contributed by atoms with Crippen LogP contribution in [0.2, 0.25) is 0 Å². The molecule has 35 heavy (non-hydrogen) atoms. The van der Waals surface area contributed by atoms with Crippen molar-refractivity contribution in [1.29, 1.82) is 5.26 Å². The van der Waals surface area contributed by atoms with Gasteiger partial charge in [0, 0.05) is 31.7 Å². The molecule has 178 valence electrons. The lowest BCUT2D eigenvalue weighted by Crippen LogP contribution is -2.38. The average Bonchev–Trinajstić information content (AvgIpc) is 3.47. The van der Waals surface area contributed by atoms with Gasteiger partial charge in [-0.25, -0.2) is 18.9 Å². The Kier molecular flexibility index (Phi) is 6.47. The van der Waals surface area contributed by atoms with Crippen molar-refractivity contribution in [2.24, 2.45) is 0 Å². The number of ether oxygens (including phenoxy) is 1. The van der Waals surface area contributed by atoms with Crippen LogP contribution in [0.4, 0.5) is 10.2 Å². The van der Waals surface area contributed by atoms with Crippen LogP contribution in [-0.4, -0.2) is 67.8 Å². The Hall–Kier alpha value is -4.14. The number of amides is 1. The first kappa shape index (κ1) is 22.6. The number of anilines is 1. The predicted octanol–water partition coefficient (Wildman–Crippen LogP) is 2.58. The number of hydrogen-bond acceptors (Lipinski definition) is 7. The number of aromatic nitrogens is 5. The van der Waals surface area contributed by atoms with Gasteiger partial charge in [-0.2, -0.15) is 10.4 Å². The maximum Gasteiger partial charge on any atom is 0.239 e. The van der Waals surface area contributed by atoms with Crippen molar-refractivity contribution in [2.75, 3.05) is 38.2 Å². The monoisotopic (exact) mass is 474 g/mol. The molecule has 1 aliphatic rings. The zero-order chi connectivity index (χ0) is 24.2. The van der Waals surface area contributed by atoms with Gasteiger partial charge in [0.15, 0.2) is 11.5 Å². The van der Waals surface area contributed by atoms with Crippen LogP contribution in [0.25, 0.3) is 28.3 Å². The second-order valence-electron chi connectivity index (χ2n) is 8.13. The number of rotatable bonds is 7. The van der Waals surface area contributed by atoms with E-state index in [1.807, 2.05) is 12.1 Å². The summed E-state index contributed by atoms with van der Waals surface area (Å²) < 4.78 is 22.6. The molecule has 1 fully saturated rings. The summed E-state index contributed by atoms with van der Waals surface area (Å²) in [5, 5.41) is 16.0. The molecule has 0 bridgehead atoms. The molecule has 10 nitrogen and oxygen atoms in total. The Morgan fingerprint density at radius 3 is 2.71 bits per heavy atom. The minimum atomic E-state index is -0.434. The van der Waals surface area contributed by atoms with Gasteiger partial charge in [0.1, 0.15) is 17.9 Å². The molecule has 1 N–H and O–H groups in total. The summed E-state index contributed by atoms with van der Waals surface area (Å²) in [5.41, 5.74) is 3.48. The Bertz CT molecular complexity index is 1380. The van der Waals surface area contributed by atoms with Gasteiger partial charge < -0.3 is 14.6 Å². The van der Waals surface area contributed by atoms with Crippen molar-refractivity contribution in [3.63, 3.8) is 0 Å². The molecule has 3 aromatic heterocycles. The normalized spacial score (nSPS) is 14.2. The Morgan fingerprint density at radius 1 is 1.14 bits per heavy atom. The lowest BCUT2D eigenvalue weighted by Gasteiger charge is -2.26. The number of hydrogen-bond donors (Lipinski definition) is 1. The number of fused-ring (bicyclic) bond motifs is 1. The van der Waals surface area contributed by atoms with Crippen molar-refractivity contribution in [1.82, 2.24) is 29.0 Å². The zero-order valence-electron chi connectivity index (χ0n) is 18.9. The van der Waals surface area contributed by atoms with Crippen LogP contribution in [-0.2, 0) is 16.1 Å². The average molecular weight is 475 g/mol. The lowest BCUT2D eigenvalue weighted by molar-refractivity contribution is -0.115. The van der Waals surface area contributed by atoms with E-state index >= 15 is 0 Å². The fourth-order valence-corrected chi connectivity index (χ4v) is 4.04. The van der Waals surface area contributed by atoms with Gasteiger partial charge in [-0.1, -0.05) is 0 Å². The van der Waals surface area contributed by atoms with Gasteiger partial charge >= 0.3 is 0 Å². The maximum absolute atomic E-state index is 13.6. The summed E-state index contributed by atoms with van der Waals surface area (Å²) in [6.45, 7) is 4.75. The third-order valence-corrected chi connectivity index (χ3v) is 5.79. The summed E-state index contributed by atoms with van der Waals surface area (Å²) in [7, 11) is 0. The molecule has 1 aromatic carbocycles. The predicted molar refractivity (Wildman–Crippen MR) is 126 cm³/mol. The van der Waals surface area contributed by atoms with Gasteiger partial charge in [-0.3, -0.25) is 9.69 Å². The molecule has 0 atom stereocenters. The molecule has 4 aromatic rings. The Morgan fingerprint density at radius 2 is 1.94 bits per heavy atom. The minimum Gasteiger partial charge on any atom is -0.379 e. The fraction of sp³-hybridized carbons (Fsp3) is 0.292. The first-order valence-electron chi connectivity index (χ1n) is 11.3. The van der Waals surface area contributed by atoms with E-state index in [9.17, 15) is 9.18 Å². The summed E-state index contributed by atoms with van der Waals surface area (Å²) >= 11 is 0. The maximum atomic E-state index is 13.6. The molecule has 0 spiro atoms. The number of imidazole rings is 2. The van der Waals surface area contributed by atoms with Crippen LogP contribution in [0.1, 0.15) is 6.42 Å². The van der Waals surface area contributed by atoms with Crippen LogP contribution in [0.3, 0.4) is 0 Å². The van der Waals surface area contributed by atoms with Crippen molar-refractivity contribution < 1.29 is 13.9 Å². The molecule has 0 aliphatic carbocycles. The SMILES string of the molecule is N#CCC(=O)Nc1cn2nc(-c3c(-c4ccc(F)cc4)ncn3CCN3CCOCC3)ccc2n1. The topological polar surface area (TPSA) is 113 Å². The number of carbonyl (C=O) groups excluding carboxylic acids is 1. The van der Waals surface area contributed by atoms with Crippen LogP contribution < -0.4 is 5.32 Å². The van der Waals surface area contributed by atoms with E-state index in [0.717, 1.165) is 44.1 Å². The third-order valence-electron chi connectivity index (χ3n) is 5.79. The number of morpholine rings is 1. The van der Waals surface area contributed by atoms with Crippen LogP contribution in [0.5, 0.6) is 0 Å². The second-order valence-corrected chi connectivity index (χ2v) is 8.13. The molecule has 0 saturated carbocycles. The molecular weight excluding hydrogens is 451 g/mol. The van der Waals surface area contributed by atoms with Gasteiger partial charge in [-0.15, -0.1) is 0 Å². The standard InChI is InChI=1S/C24H23FN8O2/c25-18-3-1-17(2-4-18)23-24(32(16-27-23)10-9-31-11-13-35-14-12-31)19-5-6-21-28-20(15-33(21)30-19)29-22(34)7-8-26/h1-6,15-16H,7,9-14H2,(H,29,34). The molecule has 1 aliphatic heterocycles. The van der Waals surface area contributed by atoms with Gasteiger partial charge in [0.25, 0.3) is 0 Å². The third kappa shape index (κ3) is 5.03. The Labute approximate surface area is 200 Å². The number of nitriles is 1. The van der Waals surface area contributed by atoms with Gasteiger partial charge in [-0.05, 0) is 36.4 Å². The molecule has 11 heteroatoms. The van der Waals surface area contributed by atoms with Gasteiger partial charge in [0.05, 0.1) is 43.2 Å². The van der Waals surface area contributed by atoms with Crippen LogP contribution in [0, 0.1) is 17.1 Å². The molecule has 0 unspecified atom stereocenters. The van der Waals surface area contributed by atoms with Crippen molar-refractivity contribution in [3.05, 3.63) is 54.7 Å². The Balaban J connectivity index is 1.50. The fourth-order valence-electron chi connectivity index (χ4n) is 4.04. The first-order valence-corrected chi connectivity index (χ1v) is 11.3. The number of carbonyl (C=O) groups is 1. The highest BCUT2D eigenvalue weighted by molar-refractivity contribution is 5.91. The van der Waals surface area contributed by atoms with E-state index in [-0.39, 0.29) is 12.2 Å². The minimum absolute atomic E-state index is 0.254. The van der Waals surface area contributed by atoms with E-state index in [2.05, 4.69) is 24.8 Å². The number of halogens is 1. The smallest absolute Gasteiger partial charge is 0.239 e. The van der Waals surface area contributed by atoms with E-state index in [0.29, 0.717) is 29.4 Å². The van der Waals surface area contributed by atoms with E-state index in [1.54, 1.807) is 35.2 Å². The molecule has 5 rings (SSSR count). The van der Waals surface area contributed by atoms with Crippen molar-refractivity contribution in [2.45, 2.75) is 13.0 Å². The largest absolute Gasteiger partial charge is 0.379 e. The van der Waals surface area contributed by atoms with E-state index < -0.39 is 5.91 Å². The lowest BCUT2D eigenvalue weighted by atomic mass is 10.1. The highest BCUT2D eigenvalue weighted by Gasteiger charge is 2.19. The van der Waals surface area contributed by atoms with Gasteiger partial charge in [0.2, 0.25) is 5.91 Å². The highest BCUT2D eigenvalue weighted by Crippen LogP contribution is 2.30. The highest BCUT2D eigenvalue weighted by atomic mass is 19.1. The van der Waals surface area contributed by atoms with Crippen LogP contribution >= 0.6 is 0 Å². The van der Waals surface area contributed by atoms with Crippen molar-refractivity contribution in [3.8, 4) is 28.7 Å². The molecule has 1 amide bonds. The summed E-state index contributed by atoms with van der Waals surface area (Å²) in [6, 6.07) is 11.7. The molecule has 4 heterocycles. The summed E-state index contributed by atoms with van der Waals surface area (Å²) in [5.74, 6) is -0.434.